The number of anilines is 1. The molecule has 0 unspecified atom stereocenters. The summed E-state index contributed by atoms with van der Waals surface area (Å²) in [4.78, 5) is 28.9. The van der Waals surface area contributed by atoms with E-state index < -0.39 is 6.04 Å². The van der Waals surface area contributed by atoms with Crippen LogP contribution in [0.25, 0.3) is 10.9 Å². The van der Waals surface area contributed by atoms with Crippen LogP contribution >= 0.6 is 0 Å². The Hall–Kier alpha value is -4.64. The fourth-order valence-electron chi connectivity index (χ4n) is 5.57. The Bertz CT molecular complexity index is 1590. The van der Waals surface area contributed by atoms with Gasteiger partial charge in [-0.15, -0.1) is 0 Å². The molecule has 0 bridgehead atoms. The van der Waals surface area contributed by atoms with Crippen molar-refractivity contribution < 1.29 is 9.59 Å². The Balaban J connectivity index is 1.35. The molecular weight excluding hydrogens is 506 g/mol. The number of nitrogens with one attached hydrogen (secondary N) is 1. The lowest BCUT2D eigenvalue weighted by Crippen LogP contribution is -2.49. The molecule has 1 aromatic heterocycles. The molecule has 0 fully saturated rings. The maximum Gasteiger partial charge on any atom is 0.249 e. The first-order chi connectivity index (χ1) is 20.0. The number of rotatable bonds is 11. The van der Waals surface area contributed by atoms with Crippen molar-refractivity contribution in [2.45, 2.75) is 45.2 Å². The number of aromatic nitrogens is 1. The second-order valence-electron chi connectivity index (χ2n) is 10.5. The second-order valence-corrected chi connectivity index (χ2v) is 10.5. The summed E-state index contributed by atoms with van der Waals surface area (Å²) in [6.07, 6.45) is 2.64. The summed E-state index contributed by atoms with van der Waals surface area (Å²) in [5.41, 5.74) is 6.37. The van der Waals surface area contributed by atoms with Gasteiger partial charge in [0.15, 0.2) is 0 Å². The summed E-state index contributed by atoms with van der Waals surface area (Å²) >= 11 is 0. The lowest BCUT2D eigenvalue weighted by molar-refractivity contribution is -0.127. The number of carbonyl (C=O) groups is 2. The fraction of sp³-hybridized carbons (Fsp3) is 0.222. The monoisotopic (exact) mass is 543 g/mol. The molecule has 2 amide bonds. The Morgan fingerprint density at radius 1 is 0.780 bits per heavy atom. The van der Waals surface area contributed by atoms with E-state index in [1.165, 1.54) is 5.56 Å². The van der Waals surface area contributed by atoms with Crippen molar-refractivity contribution in [2.24, 2.45) is 0 Å². The van der Waals surface area contributed by atoms with Crippen LogP contribution in [0, 0.1) is 6.92 Å². The first-order valence-corrected chi connectivity index (χ1v) is 14.3. The highest BCUT2D eigenvalue weighted by Crippen LogP contribution is 2.27. The molecule has 0 saturated heterocycles. The number of nitrogens with zero attached hydrogens (tertiary/aromatic N) is 2. The average molecular weight is 544 g/mol. The normalized spacial score (nSPS) is 11.8. The van der Waals surface area contributed by atoms with Gasteiger partial charge in [-0.25, -0.2) is 0 Å². The van der Waals surface area contributed by atoms with Crippen molar-refractivity contribution in [2.75, 3.05) is 11.9 Å². The highest BCUT2D eigenvalue weighted by molar-refractivity contribution is 5.99. The number of aryl methyl sites for hydroxylation is 2. The third-order valence-electron chi connectivity index (χ3n) is 7.78. The highest BCUT2D eigenvalue weighted by atomic mass is 16.2. The van der Waals surface area contributed by atoms with E-state index in [1.807, 2.05) is 78.9 Å². The molecule has 4 aromatic carbocycles. The van der Waals surface area contributed by atoms with Crippen LogP contribution in [0.2, 0.25) is 0 Å². The second kappa shape index (κ2) is 13.1. The van der Waals surface area contributed by atoms with Gasteiger partial charge in [0.05, 0.1) is 6.42 Å². The summed E-state index contributed by atoms with van der Waals surface area (Å²) in [7, 11) is 1.76. The Morgan fingerprint density at radius 2 is 1.37 bits per heavy atom. The molecule has 5 heteroatoms. The van der Waals surface area contributed by atoms with E-state index in [1.54, 1.807) is 11.9 Å². The lowest BCUT2D eigenvalue weighted by Gasteiger charge is -2.25. The van der Waals surface area contributed by atoms with Gasteiger partial charge in [0.1, 0.15) is 6.04 Å². The smallest absolute Gasteiger partial charge is 0.249 e. The van der Waals surface area contributed by atoms with E-state index in [0.29, 0.717) is 6.42 Å². The Morgan fingerprint density at radius 3 is 2.05 bits per heavy atom. The number of hydrogen-bond acceptors (Lipinski definition) is 2. The zero-order valence-electron chi connectivity index (χ0n) is 23.8. The standard InChI is InChI=1S/C36H37N3O2/c1-27-32(31-22-12-13-23-34(31)39(27)24-14-19-28-15-6-3-7-16-28)26-35(40)37-33(25-29-17-8-4-9-18-29)36(41)38(2)30-20-10-5-11-21-30/h3-13,15-18,20-23,33H,14,19,24-26H2,1-2H3,(H,37,40)/t33-/m0/s1. The molecule has 0 aliphatic heterocycles. The van der Waals surface area contributed by atoms with Crippen LogP contribution in [0.3, 0.4) is 0 Å². The van der Waals surface area contributed by atoms with Gasteiger partial charge in [-0.3, -0.25) is 9.59 Å². The van der Waals surface area contributed by atoms with Gasteiger partial charge in [0, 0.05) is 42.3 Å². The summed E-state index contributed by atoms with van der Waals surface area (Å²) in [5, 5.41) is 4.18. The van der Waals surface area contributed by atoms with Crippen molar-refractivity contribution in [1.29, 1.82) is 0 Å². The highest BCUT2D eigenvalue weighted by Gasteiger charge is 2.26. The van der Waals surface area contributed by atoms with Crippen LogP contribution in [0.4, 0.5) is 5.69 Å². The number of carbonyl (C=O) groups excluding carboxylic acids is 2. The molecule has 5 aromatic rings. The molecule has 0 aliphatic carbocycles. The maximum atomic E-state index is 13.7. The molecule has 0 saturated carbocycles. The van der Waals surface area contributed by atoms with E-state index in [9.17, 15) is 9.59 Å². The van der Waals surface area contributed by atoms with Crippen molar-refractivity contribution in [1.82, 2.24) is 9.88 Å². The quantitative estimate of drug-likeness (QED) is 0.206. The molecule has 1 N–H and O–H groups in total. The molecule has 0 aliphatic rings. The van der Waals surface area contributed by atoms with Crippen LogP contribution in [-0.2, 0) is 35.4 Å². The van der Waals surface area contributed by atoms with Gasteiger partial charge in [-0.05, 0) is 54.7 Å². The lowest BCUT2D eigenvalue weighted by atomic mass is 10.0. The Labute approximate surface area is 242 Å². The largest absolute Gasteiger partial charge is 0.345 e. The molecule has 1 heterocycles. The number of likely N-dealkylation sites (N-methyl/N-ethyl adjacent to an activating group) is 1. The van der Waals surface area contributed by atoms with Gasteiger partial charge < -0.3 is 14.8 Å². The van der Waals surface area contributed by atoms with E-state index >= 15 is 0 Å². The van der Waals surface area contributed by atoms with E-state index in [-0.39, 0.29) is 18.2 Å². The van der Waals surface area contributed by atoms with Crippen molar-refractivity contribution in [3.63, 3.8) is 0 Å². The third kappa shape index (κ3) is 6.75. The zero-order valence-corrected chi connectivity index (χ0v) is 23.8. The van der Waals surface area contributed by atoms with Crippen LogP contribution in [-0.4, -0.2) is 29.5 Å². The zero-order chi connectivity index (χ0) is 28.6. The molecule has 0 spiro atoms. The van der Waals surface area contributed by atoms with Crippen LogP contribution in [0.5, 0.6) is 0 Å². The van der Waals surface area contributed by atoms with Crippen molar-refractivity contribution in [3.8, 4) is 0 Å². The summed E-state index contributed by atoms with van der Waals surface area (Å²) in [5.74, 6) is -0.301. The van der Waals surface area contributed by atoms with E-state index in [2.05, 4.69) is 53.2 Å². The van der Waals surface area contributed by atoms with Crippen LogP contribution in [0.1, 0.15) is 28.8 Å². The minimum atomic E-state index is -0.686. The molecule has 1 atom stereocenters. The molecule has 0 radical (unpaired) electrons. The molecular formula is C36H37N3O2. The van der Waals surface area contributed by atoms with Gasteiger partial charge in [0.25, 0.3) is 0 Å². The third-order valence-corrected chi connectivity index (χ3v) is 7.78. The van der Waals surface area contributed by atoms with E-state index in [0.717, 1.165) is 52.8 Å². The molecule has 5 rings (SSSR count). The average Bonchev–Trinajstić information content (AvgIpc) is 3.27. The minimum absolute atomic E-state index is 0.145. The fourth-order valence-corrected chi connectivity index (χ4v) is 5.57. The number of fused-ring (bicyclic) bond motifs is 1. The van der Waals surface area contributed by atoms with Gasteiger partial charge in [-0.1, -0.05) is 97.1 Å². The predicted molar refractivity (Wildman–Crippen MR) is 167 cm³/mol. The first-order valence-electron chi connectivity index (χ1n) is 14.3. The van der Waals surface area contributed by atoms with Gasteiger partial charge in [-0.2, -0.15) is 0 Å². The van der Waals surface area contributed by atoms with Gasteiger partial charge in [0.2, 0.25) is 11.8 Å². The molecule has 208 valence electrons. The van der Waals surface area contributed by atoms with Crippen LogP contribution in [0.15, 0.2) is 115 Å². The summed E-state index contributed by atoms with van der Waals surface area (Å²) in [6.45, 7) is 2.97. The Kier molecular flexibility index (Phi) is 8.95. The number of amides is 2. The summed E-state index contributed by atoms with van der Waals surface area (Å²) < 4.78 is 2.33. The maximum absolute atomic E-state index is 13.7. The molecule has 41 heavy (non-hydrogen) atoms. The summed E-state index contributed by atoms with van der Waals surface area (Å²) in [6, 6.07) is 37.5. The predicted octanol–water partition coefficient (Wildman–Crippen LogP) is 6.52. The minimum Gasteiger partial charge on any atom is -0.345 e. The molecule has 5 nitrogen and oxygen atoms in total. The SMILES string of the molecule is Cc1c(CC(=O)N[C@@H](Cc2ccccc2)C(=O)N(C)c2ccccc2)c2ccccc2n1CCCc1ccccc1. The van der Waals surface area contributed by atoms with Crippen LogP contribution < -0.4 is 10.2 Å². The van der Waals surface area contributed by atoms with Gasteiger partial charge >= 0.3 is 0 Å². The van der Waals surface area contributed by atoms with Crippen molar-refractivity contribution >= 4 is 28.4 Å². The van der Waals surface area contributed by atoms with Crippen molar-refractivity contribution in [3.05, 3.63) is 138 Å². The number of hydrogen-bond donors (Lipinski definition) is 1. The number of benzene rings is 4. The van der Waals surface area contributed by atoms with E-state index in [4.69, 9.17) is 0 Å². The first kappa shape index (κ1) is 27.9. The number of para-hydroxylation sites is 2. The topological polar surface area (TPSA) is 54.3 Å².